The van der Waals surface area contributed by atoms with Crippen LogP contribution in [0, 0.1) is 0 Å². The van der Waals surface area contributed by atoms with E-state index in [2.05, 4.69) is 6.58 Å². The zero-order valence-electron chi connectivity index (χ0n) is 13.3. The molecule has 0 amide bonds. The van der Waals surface area contributed by atoms with Crippen molar-refractivity contribution in [2.45, 2.75) is 36.9 Å². The maximum Gasteiger partial charge on any atom is 0.423 e. The Morgan fingerprint density at radius 2 is 0.857 bits per heavy atom. The van der Waals surface area contributed by atoms with Crippen molar-refractivity contribution in [3.05, 3.63) is 42.5 Å². The fraction of sp³-hybridized carbons (Fsp3) is 0.429. The average Bonchev–Trinajstić information content (AvgIpc) is 2.52. The van der Waals surface area contributed by atoms with Crippen molar-refractivity contribution in [3.8, 4) is 0 Å². The second kappa shape index (κ2) is 10.5. The SMILES string of the molecule is C=Cc1ccccc1.OC(C(F)(F)F)C(F)(F)F.OC(C(F)(F)F)C(F)(F)F. The number of halogens is 12. The number of hydrogen-bond acceptors (Lipinski definition) is 2. The summed E-state index contributed by atoms with van der Waals surface area (Å²) in [5, 5.41) is 14.9. The minimum Gasteiger partial charge on any atom is -0.377 e. The van der Waals surface area contributed by atoms with Crippen molar-refractivity contribution in [1.29, 1.82) is 0 Å². The van der Waals surface area contributed by atoms with Crippen LogP contribution in [0.25, 0.3) is 6.08 Å². The van der Waals surface area contributed by atoms with Crippen LogP contribution in [0.4, 0.5) is 52.7 Å². The molecule has 1 rings (SSSR count). The van der Waals surface area contributed by atoms with Gasteiger partial charge < -0.3 is 10.2 Å². The van der Waals surface area contributed by atoms with Crippen LogP contribution < -0.4 is 0 Å². The molecule has 28 heavy (non-hydrogen) atoms. The molecule has 0 saturated carbocycles. The summed E-state index contributed by atoms with van der Waals surface area (Å²) in [5.41, 5.74) is 1.17. The lowest BCUT2D eigenvalue weighted by Gasteiger charge is -2.16. The first-order valence-electron chi connectivity index (χ1n) is 6.55. The molecule has 0 saturated heterocycles. The van der Waals surface area contributed by atoms with E-state index < -0.39 is 36.9 Å². The largest absolute Gasteiger partial charge is 0.423 e. The van der Waals surface area contributed by atoms with Crippen molar-refractivity contribution in [1.82, 2.24) is 0 Å². The van der Waals surface area contributed by atoms with E-state index in [-0.39, 0.29) is 0 Å². The van der Waals surface area contributed by atoms with Gasteiger partial charge in [0.2, 0.25) is 12.2 Å². The first kappa shape index (κ1) is 28.3. The lowest BCUT2D eigenvalue weighted by Crippen LogP contribution is -2.41. The first-order valence-corrected chi connectivity index (χ1v) is 6.55. The summed E-state index contributed by atoms with van der Waals surface area (Å²) in [6.45, 7) is 3.63. The number of aliphatic hydroxyl groups is 2. The van der Waals surface area contributed by atoms with E-state index >= 15 is 0 Å². The number of alkyl halides is 12. The molecule has 0 unspecified atom stereocenters. The maximum absolute atomic E-state index is 11.0. The Balaban J connectivity index is 0. The normalized spacial score (nSPS) is 12.7. The van der Waals surface area contributed by atoms with Crippen molar-refractivity contribution >= 4 is 6.08 Å². The molecular weight excluding hydrogens is 428 g/mol. The van der Waals surface area contributed by atoms with E-state index in [4.69, 9.17) is 10.2 Å². The minimum absolute atomic E-state index is 1.17. The van der Waals surface area contributed by atoms with Gasteiger partial charge in [0.25, 0.3) is 0 Å². The van der Waals surface area contributed by atoms with Crippen molar-refractivity contribution in [2.24, 2.45) is 0 Å². The summed E-state index contributed by atoms with van der Waals surface area (Å²) in [6.07, 6.45) is -29.1. The van der Waals surface area contributed by atoms with Crippen LogP contribution in [0.2, 0.25) is 0 Å². The van der Waals surface area contributed by atoms with Crippen LogP contribution >= 0.6 is 0 Å². The Hall–Kier alpha value is -1.96. The predicted molar refractivity (Wildman–Crippen MR) is 72.8 cm³/mol. The molecule has 0 aliphatic rings. The average molecular weight is 440 g/mol. The maximum atomic E-state index is 11.0. The van der Waals surface area contributed by atoms with E-state index in [0.29, 0.717) is 0 Å². The molecule has 164 valence electrons. The first-order chi connectivity index (χ1) is 12.2. The van der Waals surface area contributed by atoms with Gasteiger partial charge in [0, 0.05) is 0 Å². The Morgan fingerprint density at radius 3 is 0.964 bits per heavy atom. The van der Waals surface area contributed by atoms with Gasteiger partial charge in [0.1, 0.15) is 0 Å². The van der Waals surface area contributed by atoms with Crippen molar-refractivity contribution in [3.63, 3.8) is 0 Å². The summed E-state index contributed by atoms with van der Waals surface area (Å²) in [7, 11) is 0. The fourth-order valence-corrected chi connectivity index (χ4v) is 0.960. The molecule has 0 spiro atoms. The predicted octanol–water partition coefficient (Wildman–Crippen LogP) is 5.27. The van der Waals surface area contributed by atoms with Crippen molar-refractivity contribution < 1.29 is 62.9 Å². The highest BCUT2D eigenvalue weighted by Gasteiger charge is 2.56. The molecule has 0 fully saturated rings. The molecule has 0 atom stereocenters. The topological polar surface area (TPSA) is 40.5 Å². The van der Waals surface area contributed by atoms with Gasteiger partial charge in [-0.05, 0) is 5.56 Å². The molecule has 0 radical (unpaired) electrons. The van der Waals surface area contributed by atoms with Gasteiger partial charge >= 0.3 is 24.7 Å². The lowest BCUT2D eigenvalue weighted by molar-refractivity contribution is -0.309. The van der Waals surface area contributed by atoms with Gasteiger partial charge in [-0.15, -0.1) is 0 Å². The van der Waals surface area contributed by atoms with E-state index in [9.17, 15) is 52.7 Å². The standard InChI is InChI=1S/C8H8.2C3H2F6O/c1-2-8-6-4-3-5-7-8;2*4-2(5,6)1(10)3(7,8)9/h2-7H,1H2;2*1,10H. The number of aliphatic hydroxyl groups excluding tert-OH is 2. The molecule has 14 heteroatoms. The third kappa shape index (κ3) is 12.4. The quantitative estimate of drug-likeness (QED) is 0.584. The third-order valence-corrected chi connectivity index (χ3v) is 2.28. The second-order valence-electron chi connectivity index (χ2n) is 4.59. The van der Waals surface area contributed by atoms with Gasteiger partial charge in [0.15, 0.2) is 0 Å². The molecule has 0 aliphatic heterocycles. The van der Waals surface area contributed by atoms with Crippen LogP contribution in [-0.4, -0.2) is 47.1 Å². The Bertz CT molecular complexity index is 499. The van der Waals surface area contributed by atoms with E-state index in [0.717, 1.165) is 0 Å². The summed E-state index contributed by atoms with van der Waals surface area (Å²) < 4.78 is 132. The zero-order chi connectivity index (χ0) is 23.0. The third-order valence-electron chi connectivity index (χ3n) is 2.28. The molecule has 0 heterocycles. The van der Waals surface area contributed by atoms with E-state index in [1.165, 1.54) is 5.56 Å². The molecular formula is C14H12F12O2. The lowest BCUT2D eigenvalue weighted by atomic mass is 10.2. The molecule has 2 nitrogen and oxygen atoms in total. The van der Waals surface area contributed by atoms with Crippen molar-refractivity contribution in [2.75, 3.05) is 0 Å². The summed E-state index contributed by atoms with van der Waals surface area (Å²) in [5.74, 6) is 0. The second-order valence-corrected chi connectivity index (χ2v) is 4.59. The molecule has 1 aromatic carbocycles. The van der Waals surface area contributed by atoms with Crippen LogP contribution in [0.5, 0.6) is 0 Å². The summed E-state index contributed by atoms with van der Waals surface area (Å²) in [6, 6.07) is 10.0. The molecule has 1 aromatic rings. The molecule has 2 N–H and O–H groups in total. The van der Waals surface area contributed by atoms with Gasteiger partial charge in [-0.2, -0.15) is 52.7 Å². The monoisotopic (exact) mass is 440 g/mol. The Morgan fingerprint density at radius 1 is 0.607 bits per heavy atom. The number of rotatable bonds is 1. The van der Waals surface area contributed by atoms with Crippen LogP contribution in [-0.2, 0) is 0 Å². The highest BCUT2D eigenvalue weighted by atomic mass is 19.4. The molecule has 0 aromatic heterocycles. The highest BCUT2D eigenvalue weighted by molar-refractivity contribution is 5.45. The van der Waals surface area contributed by atoms with E-state index in [1.54, 1.807) is 0 Å². The smallest absolute Gasteiger partial charge is 0.377 e. The molecule has 0 bridgehead atoms. The van der Waals surface area contributed by atoms with E-state index in [1.807, 2.05) is 36.4 Å². The Labute approximate surface area is 149 Å². The number of hydrogen-bond donors (Lipinski definition) is 2. The summed E-state index contributed by atoms with van der Waals surface area (Å²) >= 11 is 0. The van der Waals surface area contributed by atoms with Gasteiger partial charge in [-0.1, -0.05) is 43.0 Å². The number of benzene rings is 1. The van der Waals surface area contributed by atoms with Crippen LogP contribution in [0.1, 0.15) is 5.56 Å². The van der Waals surface area contributed by atoms with Crippen LogP contribution in [0.15, 0.2) is 36.9 Å². The summed E-state index contributed by atoms with van der Waals surface area (Å²) in [4.78, 5) is 0. The van der Waals surface area contributed by atoms with Gasteiger partial charge in [0.05, 0.1) is 0 Å². The molecule has 0 aliphatic carbocycles. The minimum atomic E-state index is -5.63. The van der Waals surface area contributed by atoms with Gasteiger partial charge in [-0.25, -0.2) is 0 Å². The van der Waals surface area contributed by atoms with Gasteiger partial charge in [-0.3, -0.25) is 0 Å². The zero-order valence-corrected chi connectivity index (χ0v) is 13.3. The Kier molecular flexibility index (Phi) is 10.6. The fourth-order valence-electron chi connectivity index (χ4n) is 0.960. The highest BCUT2D eigenvalue weighted by Crippen LogP contribution is 2.33. The van der Waals surface area contributed by atoms with Crippen LogP contribution in [0.3, 0.4) is 0 Å².